The molecule has 0 radical (unpaired) electrons. The molecule has 2 rings (SSSR count). The van der Waals surface area contributed by atoms with Crippen molar-refractivity contribution in [2.45, 2.75) is 11.8 Å². The van der Waals surface area contributed by atoms with E-state index in [0.717, 1.165) is 9.87 Å². The molecular formula is C18H22N2O4S. The first-order valence-corrected chi connectivity index (χ1v) is 9.25. The maximum Gasteiger partial charge on any atom is 0.251 e. The molecule has 2 aromatic rings. The lowest BCUT2D eigenvalue weighted by Crippen LogP contribution is -2.28. The summed E-state index contributed by atoms with van der Waals surface area (Å²) in [6, 6.07) is 13.5. The van der Waals surface area contributed by atoms with E-state index in [1.807, 2.05) is 25.1 Å². The number of carbonyl (C=O) groups excluding carboxylic acids is 1. The smallest absolute Gasteiger partial charge is 0.251 e. The summed E-state index contributed by atoms with van der Waals surface area (Å²) >= 11 is 0. The van der Waals surface area contributed by atoms with Crippen molar-refractivity contribution in [2.24, 2.45) is 0 Å². The third-order valence-electron chi connectivity index (χ3n) is 3.54. The van der Waals surface area contributed by atoms with Gasteiger partial charge < -0.3 is 10.1 Å². The quantitative estimate of drug-likeness (QED) is 0.765. The van der Waals surface area contributed by atoms with E-state index in [2.05, 4.69) is 5.32 Å². The lowest BCUT2D eigenvalue weighted by atomic mass is 10.1. The van der Waals surface area contributed by atoms with Gasteiger partial charge in [0.2, 0.25) is 10.0 Å². The normalized spacial score (nSPS) is 11.4. The van der Waals surface area contributed by atoms with Crippen LogP contribution in [0.1, 0.15) is 15.9 Å². The molecule has 0 aliphatic carbocycles. The Morgan fingerprint density at radius 3 is 2.40 bits per heavy atom. The van der Waals surface area contributed by atoms with Crippen LogP contribution in [0.15, 0.2) is 53.4 Å². The Labute approximate surface area is 148 Å². The van der Waals surface area contributed by atoms with Crippen LogP contribution in [0, 0.1) is 6.92 Å². The van der Waals surface area contributed by atoms with E-state index in [1.165, 1.54) is 26.2 Å². The minimum absolute atomic E-state index is 0.153. The molecule has 7 heteroatoms. The predicted molar refractivity (Wildman–Crippen MR) is 96.3 cm³/mol. The molecule has 0 saturated carbocycles. The molecule has 6 nitrogen and oxygen atoms in total. The Hall–Kier alpha value is -2.38. The molecule has 1 amide bonds. The van der Waals surface area contributed by atoms with E-state index < -0.39 is 10.0 Å². The highest BCUT2D eigenvalue weighted by Gasteiger charge is 2.16. The summed E-state index contributed by atoms with van der Waals surface area (Å²) in [5.41, 5.74) is 1.63. The summed E-state index contributed by atoms with van der Waals surface area (Å²) in [4.78, 5) is 12.2. The number of rotatable bonds is 7. The highest BCUT2D eigenvalue weighted by Crippen LogP contribution is 2.17. The molecule has 2 aromatic carbocycles. The molecule has 0 atom stereocenters. The van der Waals surface area contributed by atoms with E-state index in [9.17, 15) is 13.2 Å². The number of carbonyl (C=O) groups is 1. The van der Waals surface area contributed by atoms with Gasteiger partial charge >= 0.3 is 0 Å². The topological polar surface area (TPSA) is 75.7 Å². The van der Waals surface area contributed by atoms with Crippen molar-refractivity contribution in [3.8, 4) is 5.75 Å². The Bertz CT molecular complexity index is 830. The van der Waals surface area contributed by atoms with Crippen molar-refractivity contribution >= 4 is 15.9 Å². The van der Waals surface area contributed by atoms with Gasteiger partial charge in [-0.2, -0.15) is 0 Å². The minimum atomic E-state index is -3.44. The number of sulfonamides is 1. The summed E-state index contributed by atoms with van der Waals surface area (Å²) in [6.45, 7) is 2.57. The first-order chi connectivity index (χ1) is 11.8. The fraction of sp³-hybridized carbons (Fsp3) is 0.278. The maximum atomic E-state index is 12.0. The third-order valence-corrected chi connectivity index (χ3v) is 5.37. The fourth-order valence-corrected chi connectivity index (χ4v) is 3.04. The highest BCUT2D eigenvalue weighted by atomic mass is 32.2. The second-order valence-electron chi connectivity index (χ2n) is 5.73. The second-order valence-corrected chi connectivity index (χ2v) is 7.88. The largest absolute Gasteiger partial charge is 0.492 e. The summed E-state index contributed by atoms with van der Waals surface area (Å²) in [7, 11) is -0.478. The molecule has 0 unspecified atom stereocenters. The molecule has 0 spiro atoms. The van der Waals surface area contributed by atoms with Gasteiger partial charge in [-0.25, -0.2) is 12.7 Å². The van der Waals surface area contributed by atoms with Crippen molar-refractivity contribution in [2.75, 3.05) is 27.2 Å². The van der Waals surface area contributed by atoms with Gasteiger partial charge in [0, 0.05) is 19.7 Å². The molecule has 25 heavy (non-hydrogen) atoms. The van der Waals surface area contributed by atoms with Gasteiger partial charge in [-0.15, -0.1) is 0 Å². The van der Waals surface area contributed by atoms with Crippen molar-refractivity contribution < 1.29 is 17.9 Å². The van der Waals surface area contributed by atoms with Crippen LogP contribution in [0.5, 0.6) is 5.75 Å². The van der Waals surface area contributed by atoms with E-state index in [1.54, 1.807) is 18.2 Å². The zero-order valence-corrected chi connectivity index (χ0v) is 15.3. The van der Waals surface area contributed by atoms with Gasteiger partial charge in [-0.1, -0.05) is 17.7 Å². The highest BCUT2D eigenvalue weighted by molar-refractivity contribution is 7.89. The monoisotopic (exact) mass is 362 g/mol. The number of amides is 1. The van der Waals surface area contributed by atoms with Gasteiger partial charge in [0.1, 0.15) is 12.4 Å². The van der Waals surface area contributed by atoms with Crippen molar-refractivity contribution in [3.05, 3.63) is 59.7 Å². The molecule has 0 aliphatic rings. The van der Waals surface area contributed by atoms with Crippen LogP contribution in [0.3, 0.4) is 0 Å². The molecule has 0 fully saturated rings. The van der Waals surface area contributed by atoms with Gasteiger partial charge in [0.15, 0.2) is 0 Å². The van der Waals surface area contributed by atoms with Crippen molar-refractivity contribution in [1.29, 1.82) is 0 Å². The lowest BCUT2D eigenvalue weighted by molar-refractivity contribution is 0.0947. The van der Waals surface area contributed by atoms with Crippen LogP contribution < -0.4 is 10.1 Å². The Balaban J connectivity index is 1.83. The van der Waals surface area contributed by atoms with Gasteiger partial charge in [-0.05, 0) is 43.3 Å². The summed E-state index contributed by atoms with van der Waals surface area (Å²) in [5, 5.41) is 2.78. The van der Waals surface area contributed by atoms with E-state index in [4.69, 9.17) is 4.74 Å². The molecule has 0 heterocycles. The zero-order chi connectivity index (χ0) is 18.4. The van der Waals surface area contributed by atoms with E-state index >= 15 is 0 Å². The number of hydrogen-bond acceptors (Lipinski definition) is 4. The molecule has 0 aromatic heterocycles. The Morgan fingerprint density at radius 2 is 1.80 bits per heavy atom. The molecule has 1 N–H and O–H groups in total. The van der Waals surface area contributed by atoms with Gasteiger partial charge in [-0.3, -0.25) is 4.79 Å². The first-order valence-electron chi connectivity index (χ1n) is 7.81. The average Bonchev–Trinajstić information content (AvgIpc) is 2.58. The van der Waals surface area contributed by atoms with Gasteiger partial charge in [0.05, 0.1) is 11.4 Å². The molecular weight excluding hydrogens is 340 g/mol. The standard InChI is InChI=1S/C18H22N2O4S/c1-14-5-4-6-15(13-14)18(21)19-11-12-24-16-7-9-17(10-8-16)25(22,23)20(2)3/h4-10,13H,11-12H2,1-3H3,(H,19,21). The van der Waals surface area contributed by atoms with Crippen LogP contribution in [-0.2, 0) is 10.0 Å². The minimum Gasteiger partial charge on any atom is -0.492 e. The maximum absolute atomic E-state index is 12.0. The number of ether oxygens (including phenoxy) is 1. The van der Waals surface area contributed by atoms with Crippen LogP contribution in [0.4, 0.5) is 0 Å². The SMILES string of the molecule is Cc1cccc(C(=O)NCCOc2ccc(S(=O)(=O)N(C)C)cc2)c1. The van der Waals surface area contributed by atoms with Crippen LogP contribution >= 0.6 is 0 Å². The number of hydrogen-bond donors (Lipinski definition) is 1. The van der Waals surface area contributed by atoms with E-state index in [0.29, 0.717) is 17.9 Å². The molecule has 0 bridgehead atoms. The second kappa shape index (κ2) is 8.13. The summed E-state index contributed by atoms with van der Waals surface area (Å²) in [5.74, 6) is 0.391. The number of nitrogens with zero attached hydrogens (tertiary/aromatic N) is 1. The van der Waals surface area contributed by atoms with Crippen molar-refractivity contribution in [3.63, 3.8) is 0 Å². The number of nitrogens with one attached hydrogen (secondary N) is 1. The lowest BCUT2D eigenvalue weighted by Gasteiger charge is -2.12. The number of benzene rings is 2. The van der Waals surface area contributed by atoms with Crippen LogP contribution in [0.2, 0.25) is 0 Å². The zero-order valence-electron chi connectivity index (χ0n) is 14.5. The van der Waals surface area contributed by atoms with E-state index in [-0.39, 0.29) is 17.4 Å². The molecule has 134 valence electrons. The van der Waals surface area contributed by atoms with Crippen LogP contribution in [-0.4, -0.2) is 45.9 Å². The predicted octanol–water partition coefficient (Wildman–Crippen LogP) is 2.05. The first kappa shape index (κ1) is 19.0. The molecule has 0 aliphatic heterocycles. The van der Waals surface area contributed by atoms with Gasteiger partial charge in [0.25, 0.3) is 5.91 Å². The Morgan fingerprint density at radius 1 is 1.12 bits per heavy atom. The van der Waals surface area contributed by atoms with Crippen LogP contribution in [0.25, 0.3) is 0 Å². The summed E-state index contributed by atoms with van der Waals surface area (Å²) < 4.78 is 30.6. The number of aryl methyl sites for hydroxylation is 1. The molecule has 0 saturated heterocycles. The van der Waals surface area contributed by atoms with Crippen molar-refractivity contribution in [1.82, 2.24) is 9.62 Å². The third kappa shape index (κ3) is 5.04. The summed E-state index contributed by atoms with van der Waals surface area (Å²) in [6.07, 6.45) is 0. The fourth-order valence-electron chi connectivity index (χ4n) is 2.14. The Kier molecular flexibility index (Phi) is 6.17. The average molecular weight is 362 g/mol.